The SMILES string of the molecule is O=C(O)Oc1c(O)ccc2c(=O)cc(-c3ccccc3)oc12. The molecule has 6 nitrogen and oxygen atoms in total. The van der Waals surface area contributed by atoms with E-state index in [4.69, 9.17) is 9.52 Å². The zero-order valence-electron chi connectivity index (χ0n) is 11.1. The summed E-state index contributed by atoms with van der Waals surface area (Å²) in [5.41, 5.74) is 0.162. The lowest BCUT2D eigenvalue weighted by Gasteiger charge is -2.08. The van der Waals surface area contributed by atoms with Gasteiger partial charge in [0.1, 0.15) is 5.76 Å². The van der Waals surface area contributed by atoms with Crippen molar-refractivity contribution in [2.45, 2.75) is 0 Å². The van der Waals surface area contributed by atoms with Gasteiger partial charge in [-0.05, 0) is 12.1 Å². The lowest BCUT2D eigenvalue weighted by molar-refractivity contribution is 0.143. The molecule has 3 rings (SSSR count). The number of benzene rings is 2. The van der Waals surface area contributed by atoms with Crippen molar-refractivity contribution in [3.8, 4) is 22.8 Å². The maximum absolute atomic E-state index is 12.2. The summed E-state index contributed by atoms with van der Waals surface area (Å²) in [5, 5.41) is 18.6. The van der Waals surface area contributed by atoms with Gasteiger partial charge in [0.15, 0.2) is 16.8 Å². The van der Waals surface area contributed by atoms with E-state index in [1.807, 2.05) is 6.07 Å². The molecule has 0 spiro atoms. The highest BCUT2D eigenvalue weighted by Gasteiger charge is 2.17. The van der Waals surface area contributed by atoms with Gasteiger partial charge in [-0.2, -0.15) is 0 Å². The van der Waals surface area contributed by atoms with E-state index in [9.17, 15) is 14.7 Å². The molecule has 22 heavy (non-hydrogen) atoms. The fourth-order valence-corrected chi connectivity index (χ4v) is 2.11. The molecule has 1 heterocycles. The molecule has 2 N–H and O–H groups in total. The molecule has 0 aliphatic carbocycles. The van der Waals surface area contributed by atoms with Gasteiger partial charge in [0.2, 0.25) is 5.75 Å². The van der Waals surface area contributed by atoms with Crippen LogP contribution in [0.1, 0.15) is 0 Å². The summed E-state index contributed by atoms with van der Waals surface area (Å²) in [6, 6.07) is 12.7. The van der Waals surface area contributed by atoms with E-state index >= 15 is 0 Å². The minimum Gasteiger partial charge on any atom is -0.504 e. The largest absolute Gasteiger partial charge is 0.511 e. The van der Waals surface area contributed by atoms with Crippen LogP contribution in [0, 0.1) is 0 Å². The van der Waals surface area contributed by atoms with Crippen LogP contribution in [-0.2, 0) is 0 Å². The molecule has 0 aliphatic heterocycles. The fraction of sp³-hybridized carbons (Fsp3) is 0. The van der Waals surface area contributed by atoms with Crippen LogP contribution in [0.3, 0.4) is 0 Å². The van der Waals surface area contributed by atoms with Gasteiger partial charge >= 0.3 is 6.16 Å². The van der Waals surface area contributed by atoms with Crippen molar-refractivity contribution < 1.29 is 24.2 Å². The van der Waals surface area contributed by atoms with E-state index in [0.29, 0.717) is 5.56 Å². The second-order valence-electron chi connectivity index (χ2n) is 4.50. The molecule has 0 saturated heterocycles. The first-order chi connectivity index (χ1) is 10.6. The predicted molar refractivity (Wildman–Crippen MR) is 78.2 cm³/mol. The Labute approximate surface area is 123 Å². The number of carbonyl (C=O) groups is 1. The lowest BCUT2D eigenvalue weighted by atomic mass is 10.1. The van der Waals surface area contributed by atoms with Gasteiger partial charge in [-0.15, -0.1) is 0 Å². The summed E-state index contributed by atoms with van der Waals surface area (Å²) in [6.45, 7) is 0. The Bertz CT molecular complexity index is 911. The second kappa shape index (κ2) is 5.25. The molecule has 0 unspecified atom stereocenters. The standard InChI is InChI=1S/C16H10O6/c17-11-7-6-10-12(18)8-13(9-4-2-1-3-5-9)21-14(10)15(11)22-16(19)20/h1-8,17H,(H,19,20). The summed E-state index contributed by atoms with van der Waals surface area (Å²) < 4.78 is 10.1. The Balaban J connectivity index is 2.32. The number of ether oxygens (including phenoxy) is 1. The van der Waals surface area contributed by atoms with Crippen molar-refractivity contribution in [1.82, 2.24) is 0 Å². The van der Waals surface area contributed by atoms with Gasteiger partial charge in [0.05, 0.1) is 5.39 Å². The van der Waals surface area contributed by atoms with E-state index < -0.39 is 17.7 Å². The minimum absolute atomic E-state index is 0.117. The zero-order chi connectivity index (χ0) is 15.7. The van der Waals surface area contributed by atoms with Crippen LogP contribution >= 0.6 is 0 Å². The molecule has 0 atom stereocenters. The van der Waals surface area contributed by atoms with Crippen LogP contribution < -0.4 is 10.2 Å². The normalized spacial score (nSPS) is 10.5. The van der Waals surface area contributed by atoms with E-state index in [1.54, 1.807) is 24.3 Å². The van der Waals surface area contributed by atoms with Gasteiger partial charge in [0, 0.05) is 11.6 Å². The Hall–Kier alpha value is -3.28. The smallest absolute Gasteiger partial charge is 0.504 e. The monoisotopic (exact) mass is 298 g/mol. The Kier molecular flexibility index (Phi) is 3.27. The minimum atomic E-state index is -1.62. The van der Waals surface area contributed by atoms with Crippen molar-refractivity contribution in [1.29, 1.82) is 0 Å². The van der Waals surface area contributed by atoms with Crippen molar-refractivity contribution in [3.05, 3.63) is 58.8 Å². The number of fused-ring (bicyclic) bond motifs is 1. The predicted octanol–water partition coefficient (Wildman–Crippen LogP) is 3.22. The molecule has 0 radical (unpaired) electrons. The first-order valence-corrected chi connectivity index (χ1v) is 6.32. The Morgan fingerprint density at radius 2 is 1.82 bits per heavy atom. The molecule has 0 bridgehead atoms. The van der Waals surface area contributed by atoms with Crippen LogP contribution in [0.5, 0.6) is 11.5 Å². The maximum Gasteiger partial charge on any atom is 0.511 e. The molecule has 1 aromatic heterocycles. The number of phenolic OH excluding ortho intramolecular Hbond substituents is 1. The van der Waals surface area contributed by atoms with E-state index in [-0.39, 0.29) is 22.2 Å². The summed E-state index contributed by atoms with van der Waals surface area (Å²) in [6.07, 6.45) is -1.62. The van der Waals surface area contributed by atoms with Crippen molar-refractivity contribution >= 4 is 17.1 Å². The summed E-state index contributed by atoms with van der Waals surface area (Å²) >= 11 is 0. The van der Waals surface area contributed by atoms with Gasteiger partial charge in [-0.1, -0.05) is 30.3 Å². The third-order valence-electron chi connectivity index (χ3n) is 3.08. The first kappa shape index (κ1) is 13.7. The summed E-state index contributed by atoms with van der Waals surface area (Å²) in [5.74, 6) is -0.581. The lowest BCUT2D eigenvalue weighted by Crippen LogP contribution is -2.06. The van der Waals surface area contributed by atoms with Crippen molar-refractivity contribution in [2.24, 2.45) is 0 Å². The van der Waals surface area contributed by atoms with E-state index in [2.05, 4.69) is 4.74 Å². The highest BCUT2D eigenvalue weighted by molar-refractivity contribution is 5.88. The van der Waals surface area contributed by atoms with Crippen molar-refractivity contribution in [3.63, 3.8) is 0 Å². The summed E-state index contributed by atoms with van der Waals surface area (Å²) in [4.78, 5) is 22.9. The molecule has 110 valence electrons. The number of hydrogen-bond acceptors (Lipinski definition) is 5. The van der Waals surface area contributed by atoms with Crippen molar-refractivity contribution in [2.75, 3.05) is 0 Å². The zero-order valence-corrected chi connectivity index (χ0v) is 11.1. The molecule has 0 saturated carbocycles. The topological polar surface area (TPSA) is 97.0 Å². The van der Waals surface area contributed by atoms with Crippen LogP contribution in [0.25, 0.3) is 22.3 Å². The molecular formula is C16H10O6. The highest BCUT2D eigenvalue weighted by Crippen LogP contribution is 2.35. The average Bonchev–Trinajstić information content (AvgIpc) is 2.50. The first-order valence-electron chi connectivity index (χ1n) is 6.32. The molecule has 3 aromatic rings. The van der Waals surface area contributed by atoms with Gasteiger partial charge in [-0.25, -0.2) is 4.79 Å². The number of aromatic hydroxyl groups is 1. The number of phenols is 1. The number of hydrogen-bond donors (Lipinski definition) is 2. The van der Waals surface area contributed by atoms with Crippen LogP contribution in [0.4, 0.5) is 4.79 Å². The third-order valence-corrected chi connectivity index (χ3v) is 3.08. The molecule has 0 aliphatic rings. The van der Waals surface area contributed by atoms with Gasteiger partial charge in [0.25, 0.3) is 0 Å². The molecule has 0 amide bonds. The maximum atomic E-state index is 12.2. The number of carboxylic acid groups (broad SMARTS) is 1. The molecule has 0 fully saturated rings. The molecule has 2 aromatic carbocycles. The molecular weight excluding hydrogens is 288 g/mol. The Morgan fingerprint density at radius 1 is 1.09 bits per heavy atom. The van der Waals surface area contributed by atoms with Crippen LogP contribution in [0.2, 0.25) is 0 Å². The molecule has 6 heteroatoms. The Morgan fingerprint density at radius 3 is 2.50 bits per heavy atom. The van der Waals surface area contributed by atoms with E-state index in [0.717, 1.165) is 0 Å². The third kappa shape index (κ3) is 2.37. The van der Waals surface area contributed by atoms with E-state index in [1.165, 1.54) is 18.2 Å². The second-order valence-corrected chi connectivity index (χ2v) is 4.50. The quantitative estimate of drug-likeness (QED) is 0.557. The summed E-state index contributed by atoms with van der Waals surface area (Å²) in [7, 11) is 0. The van der Waals surface area contributed by atoms with Crippen LogP contribution in [-0.4, -0.2) is 16.4 Å². The number of rotatable bonds is 2. The highest BCUT2D eigenvalue weighted by atomic mass is 16.7. The van der Waals surface area contributed by atoms with Gasteiger partial charge < -0.3 is 19.4 Å². The fourth-order valence-electron chi connectivity index (χ4n) is 2.11. The van der Waals surface area contributed by atoms with Gasteiger partial charge in [-0.3, -0.25) is 4.79 Å². The van der Waals surface area contributed by atoms with Crippen LogP contribution in [0.15, 0.2) is 57.7 Å². The average molecular weight is 298 g/mol.